The number of hydrogen-bond donors (Lipinski definition) is 0. The van der Waals surface area contributed by atoms with E-state index >= 15 is 0 Å². The predicted molar refractivity (Wildman–Crippen MR) is 69.7 cm³/mol. The molecule has 2 aliphatic heterocycles. The zero-order valence-electron chi connectivity index (χ0n) is 9.84. The first-order chi connectivity index (χ1) is 8.43. The highest BCUT2D eigenvalue weighted by Crippen LogP contribution is 2.26. The van der Waals surface area contributed by atoms with Crippen molar-refractivity contribution in [3.63, 3.8) is 0 Å². The number of thioether (sulfide) groups is 1. The molecule has 0 radical (unpaired) electrons. The van der Waals surface area contributed by atoms with E-state index in [0.29, 0.717) is 5.92 Å². The normalized spacial score (nSPS) is 25.2. The van der Waals surface area contributed by atoms with E-state index in [1.54, 1.807) is 6.33 Å². The van der Waals surface area contributed by atoms with E-state index in [0.717, 1.165) is 44.2 Å². The van der Waals surface area contributed by atoms with Crippen LogP contribution in [0.1, 0.15) is 18.0 Å². The lowest BCUT2D eigenvalue weighted by Gasteiger charge is -2.27. The molecule has 0 aliphatic carbocycles. The van der Waals surface area contributed by atoms with Crippen LogP contribution in [0.3, 0.4) is 0 Å². The summed E-state index contributed by atoms with van der Waals surface area (Å²) in [5.74, 6) is 3.95. The highest BCUT2D eigenvalue weighted by Gasteiger charge is 2.21. The highest BCUT2D eigenvalue weighted by atomic mass is 32.2. The quantitative estimate of drug-likeness (QED) is 0.797. The summed E-state index contributed by atoms with van der Waals surface area (Å²) in [5.41, 5.74) is 1.14. The number of hydrogen-bond acceptors (Lipinski definition) is 5. The van der Waals surface area contributed by atoms with E-state index in [1.807, 2.05) is 11.8 Å². The Morgan fingerprint density at radius 1 is 1.29 bits per heavy atom. The van der Waals surface area contributed by atoms with Gasteiger partial charge < -0.3 is 9.64 Å². The molecule has 1 atom stereocenters. The molecule has 0 aromatic carbocycles. The van der Waals surface area contributed by atoms with Crippen LogP contribution in [0.5, 0.6) is 0 Å². The fraction of sp³-hybridized carbons (Fsp3) is 0.667. The van der Waals surface area contributed by atoms with Crippen molar-refractivity contribution in [1.82, 2.24) is 9.97 Å². The van der Waals surface area contributed by atoms with E-state index in [1.165, 1.54) is 11.5 Å². The average molecular weight is 251 g/mol. The van der Waals surface area contributed by atoms with Crippen molar-refractivity contribution >= 4 is 17.6 Å². The lowest BCUT2D eigenvalue weighted by molar-refractivity contribution is 0.193. The number of ether oxygens (including phenoxy) is 1. The molecule has 0 amide bonds. The first-order valence-corrected chi connectivity index (χ1v) is 7.31. The van der Waals surface area contributed by atoms with Crippen LogP contribution in [0.2, 0.25) is 0 Å². The summed E-state index contributed by atoms with van der Waals surface area (Å²) >= 11 is 2.02. The Morgan fingerprint density at radius 3 is 2.94 bits per heavy atom. The monoisotopic (exact) mass is 251 g/mol. The fourth-order valence-corrected chi connectivity index (χ4v) is 3.22. The van der Waals surface area contributed by atoms with E-state index in [9.17, 15) is 0 Å². The molecule has 92 valence electrons. The number of aromatic nitrogens is 2. The van der Waals surface area contributed by atoms with Crippen molar-refractivity contribution < 1.29 is 4.74 Å². The second-order valence-corrected chi connectivity index (χ2v) is 5.69. The Hall–Kier alpha value is -0.810. The molecule has 3 heterocycles. The van der Waals surface area contributed by atoms with Crippen LogP contribution in [0, 0.1) is 0 Å². The van der Waals surface area contributed by atoms with Crippen molar-refractivity contribution in [3.8, 4) is 0 Å². The molecule has 1 aromatic rings. The lowest BCUT2D eigenvalue weighted by Crippen LogP contribution is -2.33. The van der Waals surface area contributed by atoms with E-state index in [4.69, 9.17) is 4.74 Å². The van der Waals surface area contributed by atoms with Crippen LogP contribution in [-0.4, -0.2) is 47.8 Å². The topological polar surface area (TPSA) is 38.2 Å². The van der Waals surface area contributed by atoms with Gasteiger partial charge in [0.25, 0.3) is 0 Å². The first-order valence-electron chi connectivity index (χ1n) is 6.16. The Balaban J connectivity index is 1.77. The third-order valence-corrected chi connectivity index (χ3v) is 4.30. The molecule has 0 spiro atoms. The van der Waals surface area contributed by atoms with Gasteiger partial charge in [-0.25, -0.2) is 9.97 Å². The molecule has 0 unspecified atom stereocenters. The molecular formula is C12H17N3OS. The summed E-state index contributed by atoms with van der Waals surface area (Å²) < 4.78 is 5.42. The van der Waals surface area contributed by atoms with Gasteiger partial charge in [0, 0.05) is 43.2 Å². The van der Waals surface area contributed by atoms with Gasteiger partial charge in [-0.1, -0.05) is 0 Å². The molecule has 2 fully saturated rings. The summed E-state index contributed by atoms with van der Waals surface area (Å²) in [5, 5.41) is 0. The lowest BCUT2D eigenvalue weighted by atomic mass is 10.0. The summed E-state index contributed by atoms with van der Waals surface area (Å²) in [6.07, 6.45) is 2.79. The van der Waals surface area contributed by atoms with Gasteiger partial charge in [0.2, 0.25) is 0 Å². The molecule has 0 saturated carbocycles. The Morgan fingerprint density at radius 2 is 2.18 bits per heavy atom. The van der Waals surface area contributed by atoms with Gasteiger partial charge in [-0.05, 0) is 6.42 Å². The molecule has 17 heavy (non-hydrogen) atoms. The van der Waals surface area contributed by atoms with Crippen LogP contribution in [0.15, 0.2) is 12.4 Å². The zero-order valence-corrected chi connectivity index (χ0v) is 10.7. The Bertz CT molecular complexity index is 376. The first kappa shape index (κ1) is 11.3. The fourth-order valence-electron chi connectivity index (χ4n) is 2.32. The van der Waals surface area contributed by atoms with Crippen molar-refractivity contribution in [2.75, 3.05) is 42.7 Å². The molecule has 2 aliphatic rings. The third kappa shape index (κ3) is 2.55. The van der Waals surface area contributed by atoms with Crippen molar-refractivity contribution in [2.45, 2.75) is 12.3 Å². The van der Waals surface area contributed by atoms with Gasteiger partial charge in [-0.3, -0.25) is 0 Å². The van der Waals surface area contributed by atoms with Gasteiger partial charge in [0.05, 0.1) is 12.3 Å². The maximum atomic E-state index is 5.42. The molecule has 1 aromatic heterocycles. The number of nitrogens with zero attached hydrogens (tertiary/aromatic N) is 3. The smallest absolute Gasteiger partial charge is 0.132 e. The standard InChI is InChI=1S/C12H17N3OS/c1-4-16-8-10(1)11-7-12(14-9-13-11)15-2-5-17-6-3-15/h7,9-10H,1-6,8H2/t10-/m1/s1. The largest absolute Gasteiger partial charge is 0.381 e. The highest BCUT2D eigenvalue weighted by molar-refractivity contribution is 7.99. The van der Waals surface area contributed by atoms with Crippen molar-refractivity contribution in [1.29, 1.82) is 0 Å². The van der Waals surface area contributed by atoms with Crippen LogP contribution in [0.25, 0.3) is 0 Å². The molecule has 2 saturated heterocycles. The maximum Gasteiger partial charge on any atom is 0.132 e. The van der Waals surface area contributed by atoms with Crippen LogP contribution in [0.4, 0.5) is 5.82 Å². The molecule has 3 rings (SSSR count). The van der Waals surface area contributed by atoms with Gasteiger partial charge >= 0.3 is 0 Å². The second kappa shape index (κ2) is 5.23. The average Bonchev–Trinajstić information content (AvgIpc) is 2.94. The predicted octanol–water partition coefficient (Wildman–Crippen LogP) is 1.53. The molecule has 0 N–H and O–H groups in total. The molecule has 5 heteroatoms. The van der Waals surface area contributed by atoms with Gasteiger partial charge in [-0.15, -0.1) is 0 Å². The van der Waals surface area contributed by atoms with Crippen molar-refractivity contribution in [2.24, 2.45) is 0 Å². The maximum absolute atomic E-state index is 5.42. The third-order valence-electron chi connectivity index (χ3n) is 3.36. The summed E-state index contributed by atoms with van der Waals surface area (Å²) in [7, 11) is 0. The van der Waals surface area contributed by atoms with E-state index in [-0.39, 0.29) is 0 Å². The molecule has 0 bridgehead atoms. The zero-order chi connectivity index (χ0) is 11.5. The minimum Gasteiger partial charge on any atom is -0.381 e. The Labute approximate surface area is 106 Å². The molecular weight excluding hydrogens is 234 g/mol. The minimum absolute atomic E-state index is 0.468. The SMILES string of the molecule is c1nc([C@@H]2CCOC2)cc(N2CCSCC2)n1. The number of rotatable bonds is 2. The van der Waals surface area contributed by atoms with Crippen LogP contribution >= 0.6 is 11.8 Å². The summed E-state index contributed by atoms with van der Waals surface area (Å²) in [4.78, 5) is 11.2. The van der Waals surface area contributed by atoms with Gasteiger partial charge in [0.1, 0.15) is 12.1 Å². The van der Waals surface area contributed by atoms with Crippen molar-refractivity contribution in [3.05, 3.63) is 18.1 Å². The van der Waals surface area contributed by atoms with E-state index in [2.05, 4.69) is 20.9 Å². The van der Waals surface area contributed by atoms with Gasteiger partial charge in [-0.2, -0.15) is 11.8 Å². The van der Waals surface area contributed by atoms with Crippen LogP contribution < -0.4 is 4.90 Å². The molecule has 4 nitrogen and oxygen atoms in total. The van der Waals surface area contributed by atoms with Gasteiger partial charge in [0.15, 0.2) is 0 Å². The second-order valence-electron chi connectivity index (χ2n) is 4.46. The van der Waals surface area contributed by atoms with Crippen LogP contribution in [-0.2, 0) is 4.74 Å². The Kier molecular flexibility index (Phi) is 3.47. The number of anilines is 1. The van der Waals surface area contributed by atoms with E-state index < -0.39 is 0 Å². The summed E-state index contributed by atoms with van der Waals surface area (Å²) in [6, 6.07) is 2.15. The minimum atomic E-state index is 0.468. The summed E-state index contributed by atoms with van der Waals surface area (Å²) in [6.45, 7) is 3.88.